The zero-order valence-electron chi connectivity index (χ0n) is 17.3. The molecule has 0 saturated carbocycles. The fourth-order valence-electron chi connectivity index (χ4n) is 3.11. The van der Waals surface area contributed by atoms with Gasteiger partial charge in [0.15, 0.2) is 0 Å². The van der Waals surface area contributed by atoms with Crippen LogP contribution in [0.2, 0.25) is 5.02 Å². The van der Waals surface area contributed by atoms with Gasteiger partial charge in [-0.2, -0.15) is 0 Å². The molecule has 3 aromatic carbocycles. The Labute approximate surface area is 188 Å². The molecule has 0 atom stereocenters. The molecule has 0 spiro atoms. The molecule has 3 rings (SSSR count). The molecule has 0 fully saturated rings. The highest BCUT2D eigenvalue weighted by atomic mass is 35.5. The Hall–Kier alpha value is -2.83. The number of rotatable bonds is 9. The van der Waals surface area contributed by atoms with E-state index in [1.807, 2.05) is 37.3 Å². The smallest absolute Gasteiger partial charge is 0.264 e. The van der Waals surface area contributed by atoms with Crippen LogP contribution in [0.4, 0.5) is 5.69 Å². The Morgan fingerprint density at radius 1 is 0.935 bits per heavy atom. The zero-order valence-corrected chi connectivity index (χ0v) is 18.9. The van der Waals surface area contributed by atoms with Gasteiger partial charge in [0.25, 0.3) is 10.0 Å². The van der Waals surface area contributed by atoms with Gasteiger partial charge < -0.3 is 5.32 Å². The number of halogens is 1. The molecule has 162 valence electrons. The first-order chi connectivity index (χ1) is 14.9. The van der Waals surface area contributed by atoms with Crippen molar-refractivity contribution in [2.75, 3.05) is 17.4 Å². The number of amides is 1. The molecule has 1 N–H and O–H groups in total. The number of nitrogens with one attached hydrogen (secondary N) is 1. The number of benzene rings is 3. The number of hydrogen-bond donors (Lipinski definition) is 1. The monoisotopic (exact) mass is 456 g/mol. The van der Waals surface area contributed by atoms with Gasteiger partial charge in [-0.1, -0.05) is 59.6 Å². The van der Waals surface area contributed by atoms with Gasteiger partial charge in [0.05, 0.1) is 10.6 Å². The van der Waals surface area contributed by atoms with Crippen LogP contribution in [0.25, 0.3) is 0 Å². The van der Waals surface area contributed by atoms with Crippen molar-refractivity contribution in [3.63, 3.8) is 0 Å². The molecule has 0 bridgehead atoms. The molecule has 0 aromatic heterocycles. The van der Waals surface area contributed by atoms with Crippen LogP contribution in [-0.4, -0.2) is 27.4 Å². The topological polar surface area (TPSA) is 66.5 Å². The predicted octanol–water partition coefficient (Wildman–Crippen LogP) is 4.59. The van der Waals surface area contributed by atoms with Crippen molar-refractivity contribution in [1.29, 1.82) is 0 Å². The van der Waals surface area contributed by atoms with Gasteiger partial charge in [0, 0.05) is 11.6 Å². The summed E-state index contributed by atoms with van der Waals surface area (Å²) < 4.78 is 27.7. The second-order valence-electron chi connectivity index (χ2n) is 7.24. The third-order valence-electron chi connectivity index (χ3n) is 4.82. The lowest BCUT2D eigenvalue weighted by Gasteiger charge is -2.24. The highest BCUT2D eigenvalue weighted by Crippen LogP contribution is 2.25. The van der Waals surface area contributed by atoms with E-state index in [1.165, 1.54) is 5.56 Å². The van der Waals surface area contributed by atoms with Crippen molar-refractivity contribution in [2.45, 2.75) is 24.7 Å². The van der Waals surface area contributed by atoms with Gasteiger partial charge in [0.1, 0.15) is 6.54 Å². The Kier molecular flexibility index (Phi) is 7.71. The summed E-state index contributed by atoms with van der Waals surface area (Å²) in [5.74, 6) is -0.362. The molecular weight excluding hydrogens is 432 g/mol. The van der Waals surface area contributed by atoms with Crippen molar-refractivity contribution in [1.82, 2.24) is 5.32 Å². The van der Waals surface area contributed by atoms with Crippen LogP contribution in [0.3, 0.4) is 0 Å². The summed E-state index contributed by atoms with van der Waals surface area (Å²) >= 11 is 5.96. The molecule has 3 aromatic rings. The molecule has 5 nitrogen and oxygen atoms in total. The average Bonchev–Trinajstić information content (AvgIpc) is 2.77. The molecule has 0 unspecified atom stereocenters. The van der Waals surface area contributed by atoms with Gasteiger partial charge in [-0.05, 0) is 61.7 Å². The molecule has 0 radical (unpaired) electrons. The van der Waals surface area contributed by atoms with Crippen LogP contribution >= 0.6 is 11.6 Å². The molecule has 0 aliphatic heterocycles. The van der Waals surface area contributed by atoms with Crippen molar-refractivity contribution in [3.8, 4) is 0 Å². The Bertz CT molecular complexity index is 1100. The fourth-order valence-corrected chi connectivity index (χ4v) is 4.66. The number of sulfonamides is 1. The van der Waals surface area contributed by atoms with Crippen molar-refractivity contribution < 1.29 is 13.2 Å². The molecular formula is C24H25ClN2O3S. The molecule has 31 heavy (non-hydrogen) atoms. The SMILES string of the molecule is Cc1ccc(S(=O)(=O)N(CC(=O)NCCCc2ccccc2)c2ccc(Cl)cc2)cc1. The van der Waals surface area contributed by atoms with Gasteiger partial charge in [0.2, 0.25) is 5.91 Å². The Morgan fingerprint density at radius 3 is 2.23 bits per heavy atom. The molecule has 1 amide bonds. The first-order valence-electron chi connectivity index (χ1n) is 10.0. The normalized spacial score (nSPS) is 11.2. The van der Waals surface area contributed by atoms with Gasteiger partial charge >= 0.3 is 0 Å². The minimum atomic E-state index is -3.92. The van der Waals surface area contributed by atoms with E-state index in [-0.39, 0.29) is 17.3 Å². The van der Waals surface area contributed by atoms with Crippen LogP contribution < -0.4 is 9.62 Å². The number of carbonyl (C=O) groups excluding carboxylic acids is 1. The van der Waals surface area contributed by atoms with Crippen LogP contribution in [0.15, 0.2) is 83.8 Å². The largest absolute Gasteiger partial charge is 0.355 e. The number of anilines is 1. The molecule has 0 heterocycles. The molecule has 0 saturated heterocycles. The number of nitrogens with zero attached hydrogens (tertiary/aromatic N) is 1. The van der Waals surface area contributed by atoms with Crippen molar-refractivity contribution in [3.05, 3.63) is 95.0 Å². The number of carbonyl (C=O) groups is 1. The summed E-state index contributed by atoms with van der Waals surface area (Å²) in [6.45, 7) is 2.03. The lowest BCUT2D eigenvalue weighted by atomic mass is 10.1. The zero-order chi connectivity index (χ0) is 22.3. The summed E-state index contributed by atoms with van der Waals surface area (Å²) in [7, 11) is -3.92. The summed E-state index contributed by atoms with van der Waals surface area (Å²) in [6.07, 6.45) is 1.60. The van der Waals surface area contributed by atoms with Crippen LogP contribution in [-0.2, 0) is 21.2 Å². The second-order valence-corrected chi connectivity index (χ2v) is 9.54. The highest BCUT2D eigenvalue weighted by Gasteiger charge is 2.27. The van der Waals surface area contributed by atoms with E-state index in [9.17, 15) is 13.2 Å². The summed E-state index contributed by atoms with van der Waals surface area (Å²) in [5.41, 5.74) is 2.53. The summed E-state index contributed by atoms with van der Waals surface area (Å²) in [4.78, 5) is 12.7. The third kappa shape index (κ3) is 6.32. The minimum absolute atomic E-state index is 0.130. The van der Waals surface area contributed by atoms with E-state index >= 15 is 0 Å². The first-order valence-corrected chi connectivity index (χ1v) is 11.8. The van der Waals surface area contributed by atoms with Crippen LogP contribution in [0.5, 0.6) is 0 Å². The van der Waals surface area contributed by atoms with Gasteiger partial charge in [-0.3, -0.25) is 9.10 Å². The standard InChI is InChI=1S/C24H25ClN2O3S/c1-19-9-15-23(16-10-19)31(29,30)27(22-13-11-21(25)12-14-22)18-24(28)26-17-5-8-20-6-3-2-4-7-20/h2-4,6-7,9-16H,5,8,17-18H2,1H3,(H,26,28). The lowest BCUT2D eigenvalue weighted by molar-refractivity contribution is -0.119. The van der Waals surface area contributed by atoms with E-state index in [2.05, 4.69) is 5.32 Å². The van der Waals surface area contributed by atoms with Crippen LogP contribution in [0, 0.1) is 6.92 Å². The second kappa shape index (κ2) is 10.5. The maximum Gasteiger partial charge on any atom is 0.264 e. The predicted molar refractivity (Wildman–Crippen MR) is 125 cm³/mol. The maximum atomic E-state index is 13.3. The number of aryl methyl sites for hydroxylation is 2. The first kappa shape index (κ1) is 22.8. The van der Waals surface area contributed by atoms with Crippen molar-refractivity contribution in [2.24, 2.45) is 0 Å². The Balaban J connectivity index is 1.71. The molecule has 0 aliphatic rings. The molecule has 7 heteroatoms. The van der Waals surface area contributed by atoms with Gasteiger partial charge in [-0.15, -0.1) is 0 Å². The fraction of sp³-hybridized carbons (Fsp3) is 0.208. The average molecular weight is 457 g/mol. The van der Waals surface area contributed by atoms with E-state index in [0.29, 0.717) is 17.3 Å². The van der Waals surface area contributed by atoms with Crippen molar-refractivity contribution >= 4 is 33.2 Å². The minimum Gasteiger partial charge on any atom is -0.355 e. The Morgan fingerprint density at radius 2 is 1.58 bits per heavy atom. The molecule has 0 aliphatic carbocycles. The lowest BCUT2D eigenvalue weighted by Crippen LogP contribution is -2.41. The van der Waals surface area contributed by atoms with Gasteiger partial charge in [-0.25, -0.2) is 8.42 Å². The van der Waals surface area contributed by atoms with E-state index in [1.54, 1.807) is 48.5 Å². The summed E-state index contributed by atoms with van der Waals surface area (Å²) in [5, 5.41) is 3.31. The van der Waals surface area contributed by atoms with E-state index in [0.717, 1.165) is 22.7 Å². The highest BCUT2D eigenvalue weighted by molar-refractivity contribution is 7.92. The number of hydrogen-bond acceptors (Lipinski definition) is 3. The quantitative estimate of drug-likeness (QED) is 0.479. The van der Waals surface area contributed by atoms with E-state index in [4.69, 9.17) is 11.6 Å². The van der Waals surface area contributed by atoms with E-state index < -0.39 is 10.0 Å². The summed E-state index contributed by atoms with van der Waals surface area (Å²) in [6, 6.07) is 23.0. The van der Waals surface area contributed by atoms with Crippen LogP contribution in [0.1, 0.15) is 17.5 Å². The maximum absolute atomic E-state index is 13.3. The third-order valence-corrected chi connectivity index (χ3v) is 6.86.